The van der Waals surface area contributed by atoms with Crippen molar-refractivity contribution in [2.24, 2.45) is 0 Å². The summed E-state index contributed by atoms with van der Waals surface area (Å²) in [6.45, 7) is 4.58. The smallest absolute Gasteiger partial charge is 0.253 e. The quantitative estimate of drug-likeness (QED) is 0.868. The first-order chi connectivity index (χ1) is 9.70. The molecule has 1 aromatic carbocycles. The third-order valence-corrected chi connectivity index (χ3v) is 3.56. The summed E-state index contributed by atoms with van der Waals surface area (Å²) in [6.07, 6.45) is 3.45. The van der Waals surface area contributed by atoms with Gasteiger partial charge in [0.15, 0.2) is 0 Å². The van der Waals surface area contributed by atoms with E-state index in [4.69, 9.17) is 4.74 Å². The highest BCUT2D eigenvalue weighted by molar-refractivity contribution is 5.94. The van der Waals surface area contributed by atoms with Crippen LogP contribution in [0, 0.1) is 0 Å². The maximum Gasteiger partial charge on any atom is 0.253 e. The molecule has 1 heterocycles. The second-order valence-electron chi connectivity index (χ2n) is 5.32. The third-order valence-electron chi connectivity index (χ3n) is 3.56. The van der Waals surface area contributed by atoms with Gasteiger partial charge in [0.2, 0.25) is 0 Å². The molecular weight excluding hydrogens is 252 g/mol. The van der Waals surface area contributed by atoms with Gasteiger partial charge in [-0.1, -0.05) is 6.92 Å². The zero-order valence-electron chi connectivity index (χ0n) is 12.4. The van der Waals surface area contributed by atoms with Crippen molar-refractivity contribution in [3.05, 3.63) is 29.8 Å². The number of ether oxygens (including phenoxy) is 1. The largest absolute Gasteiger partial charge is 0.385 e. The summed E-state index contributed by atoms with van der Waals surface area (Å²) in [5.74, 6) is 0.0579. The fourth-order valence-electron chi connectivity index (χ4n) is 2.40. The molecule has 1 N–H and O–H groups in total. The van der Waals surface area contributed by atoms with Crippen LogP contribution in [0.4, 0.5) is 5.69 Å². The monoisotopic (exact) mass is 276 g/mol. The van der Waals surface area contributed by atoms with Crippen LogP contribution in [-0.4, -0.2) is 43.7 Å². The number of anilines is 1. The van der Waals surface area contributed by atoms with Crippen LogP contribution in [0.2, 0.25) is 0 Å². The summed E-state index contributed by atoms with van der Waals surface area (Å²) in [4.78, 5) is 14.1. The lowest BCUT2D eigenvalue weighted by Gasteiger charge is -2.21. The SMILES string of the molecule is CCCNc1ccc(C(=O)N(C)CC2CCCO2)cc1. The Morgan fingerprint density at radius 3 is 2.75 bits per heavy atom. The second kappa shape index (κ2) is 7.29. The van der Waals surface area contributed by atoms with E-state index in [1.807, 2.05) is 31.3 Å². The molecule has 0 spiro atoms. The zero-order chi connectivity index (χ0) is 14.4. The molecule has 1 atom stereocenters. The normalized spacial score (nSPS) is 18.0. The van der Waals surface area contributed by atoms with Gasteiger partial charge in [-0.05, 0) is 43.5 Å². The van der Waals surface area contributed by atoms with Crippen LogP contribution in [0.25, 0.3) is 0 Å². The van der Waals surface area contributed by atoms with Crippen molar-refractivity contribution in [2.45, 2.75) is 32.3 Å². The van der Waals surface area contributed by atoms with E-state index in [0.717, 1.165) is 43.7 Å². The number of benzene rings is 1. The van der Waals surface area contributed by atoms with Crippen LogP contribution in [0.3, 0.4) is 0 Å². The first-order valence-electron chi connectivity index (χ1n) is 7.41. The van der Waals surface area contributed by atoms with Gasteiger partial charge >= 0.3 is 0 Å². The maximum absolute atomic E-state index is 12.3. The van der Waals surface area contributed by atoms with Crippen molar-refractivity contribution in [3.63, 3.8) is 0 Å². The van der Waals surface area contributed by atoms with Crippen LogP contribution in [-0.2, 0) is 4.74 Å². The molecule has 1 saturated heterocycles. The lowest BCUT2D eigenvalue weighted by atomic mass is 10.1. The fraction of sp³-hybridized carbons (Fsp3) is 0.562. The van der Waals surface area contributed by atoms with Crippen molar-refractivity contribution in [1.82, 2.24) is 4.90 Å². The van der Waals surface area contributed by atoms with E-state index in [0.29, 0.717) is 6.54 Å². The van der Waals surface area contributed by atoms with Crippen LogP contribution >= 0.6 is 0 Å². The summed E-state index contributed by atoms with van der Waals surface area (Å²) >= 11 is 0. The average Bonchev–Trinajstić information content (AvgIpc) is 2.97. The first kappa shape index (κ1) is 14.9. The van der Waals surface area contributed by atoms with Crippen molar-refractivity contribution in [2.75, 3.05) is 32.1 Å². The highest BCUT2D eigenvalue weighted by Crippen LogP contribution is 2.15. The van der Waals surface area contributed by atoms with E-state index in [2.05, 4.69) is 12.2 Å². The molecule has 1 unspecified atom stereocenters. The van der Waals surface area contributed by atoms with Gasteiger partial charge in [0.25, 0.3) is 5.91 Å². The minimum absolute atomic E-state index is 0.0579. The van der Waals surface area contributed by atoms with Crippen LogP contribution in [0.5, 0.6) is 0 Å². The van der Waals surface area contributed by atoms with E-state index in [9.17, 15) is 4.79 Å². The summed E-state index contributed by atoms with van der Waals surface area (Å²) in [5, 5.41) is 3.30. The zero-order valence-corrected chi connectivity index (χ0v) is 12.4. The Morgan fingerprint density at radius 2 is 2.15 bits per heavy atom. The maximum atomic E-state index is 12.3. The number of hydrogen-bond acceptors (Lipinski definition) is 3. The molecule has 1 aliphatic heterocycles. The fourth-order valence-corrected chi connectivity index (χ4v) is 2.40. The Bertz CT molecular complexity index is 425. The second-order valence-corrected chi connectivity index (χ2v) is 5.32. The van der Waals surface area contributed by atoms with Gasteiger partial charge in [0.05, 0.1) is 6.10 Å². The number of nitrogens with one attached hydrogen (secondary N) is 1. The molecule has 20 heavy (non-hydrogen) atoms. The molecule has 0 aliphatic carbocycles. The topological polar surface area (TPSA) is 41.6 Å². The Labute approximate surface area is 121 Å². The summed E-state index contributed by atoms with van der Waals surface area (Å²) in [6, 6.07) is 7.68. The van der Waals surface area contributed by atoms with E-state index < -0.39 is 0 Å². The van der Waals surface area contributed by atoms with Gasteiger partial charge in [0, 0.05) is 38.0 Å². The number of rotatable bonds is 6. The average molecular weight is 276 g/mol. The molecule has 2 rings (SSSR count). The molecule has 4 heteroatoms. The number of hydrogen-bond donors (Lipinski definition) is 1. The number of carbonyl (C=O) groups is 1. The summed E-state index contributed by atoms with van der Waals surface area (Å²) in [5.41, 5.74) is 1.79. The van der Waals surface area contributed by atoms with Gasteiger partial charge in [-0.15, -0.1) is 0 Å². The van der Waals surface area contributed by atoms with Gasteiger partial charge in [0.1, 0.15) is 0 Å². The van der Waals surface area contributed by atoms with Crippen LogP contribution in [0.1, 0.15) is 36.5 Å². The highest BCUT2D eigenvalue weighted by Gasteiger charge is 2.20. The summed E-state index contributed by atoms with van der Waals surface area (Å²) < 4.78 is 5.57. The molecule has 1 fully saturated rings. The Hall–Kier alpha value is -1.55. The van der Waals surface area contributed by atoms with E-state index in [-0.39, 0.29) is 12.0 Å². The Kier molecular flexibility index (Phi) is 5.41. The lowest BCUT2D eigenvalue weighted by Crippen LogP contribution is -2.34. The number of nitrogens with zero attached hydrogens (tertiary/aromatic N) is 1. The molecule has 0 bridgehead atoms. The standard InChI is InChI=1S/C16H24N2O2/c1-3-10-17-14-8-6-13(7-9-14)16(19)18(2)12-15-5-4-11-20-15/h6-9,15,17H,3-5,10-12H2,1-2H3. The van der Waals surface area contributed by atoms with Gasteiger partial charge in [-0.3, -0.25) is 4.79 Å². The van der Waals surface area contributed by atoms with E-state index in [1.54, 1.807) is 4.90 Å². The van der Waals surface area contributed by atoms with Crippen LogP contribution in [0.15, 0.2) is 24.3 Å². The van der Waals surface area contributed by atoms with Crippen molar-refractivity contribution >= 4 is 11.6 Å². The Morgan fingerprint density at radius 1 is 1.40 bits per heavy atom. The predicted molar refractivity (Wildman–Crippen MR) is 81.2 cm³/mol. The first-order valence-corrected chi connectivity index (χ1v) is 7.41. The molecular formula is C16H24N2O2. The minimum Gasteiger partial charge on any atom is -0.385 e. The molecule has 1 amide bonds. The molecule has 110 valence electrons. The lowest BCUT2D eigenvalue weighted by molar-refractivity contribution is 0.0587. The van der Waals surface area contributed by atoms with Crippen molar-refractivity contribution in [1.29, 1.82) is 0 Å². The van der Waals surface area contributed by atoms with Gasteiger partial charge in [-0.2, -0.15) is 0 Å². The molecule has 1 aromatic rings. The molecule has 0 radical (unpaired) electrons. The van der Waals surface area contributed by atoms with Gasteiger partial charge in [-0.25, -0.2) is 0 Å². The summed E-state index contributed by atoms with van der Waals surface area (Å²) in [7, 11) is 1.84. The highest BCUT2D eigenvalue weighted by atomic mass is 16.5. The molecule has 1 aliphatic rings. The third kappa shape index (κ3) is 3.97. The van der Waals surface area contributed by atoms with E-state index >= 15 is 0 Å². The Balaban J connectivity index is 1.90. The van der Waals surface area contributed by atoms with Crippen molar-refractivity contribution < 1.29 is 9.53 Å². The van der Waals surface area contributed by atoms with Gasteiger partial charge < -0.3 is 15.0 Å². The number of carbonyl (C=O) groups excluding carboxylic acids is 1. The van der Waals surface area contributed by atoms with Crippen LogP contribution < -0.4 is 5.32 Å². The number of amides is 1. The molecule has 0 aromatic heterocycles. The molecule has 4 nitrogen and oxygen atoms in total. The number of likely N-dealkylation sites (N-methyl/N-ethyl adjacent to an activating group) is 1. The molecule has 0 saturated carbocycles. The van der Waals surface area contributed by atoms with E-state index in [1.165, 1.54) is 0 Å². The minimum atomic E-state index is 0.0579. The predicted octanol–water partition coefficient (Wildman–Crippen LogP) is 2.76. The van der Waals surface area contributed by atoms with Crippen molar-refractivity contribution in [3.8, 4) is 0 Å².